The van der Waals surface area contributed by atoms with E-state index in [1.807, 2.05) is 0 Å². The summed E-state index contributed by atoms with van der Waals surface area (Å²) >= 11 is 0. The van der Waals surface area contributed by atoms with Crippen LogP contribution < -0.4 is 19.4 Å². The number of fused-ring (bicyclic) bond motifs is 2. The van der Waals surface area contributed by atoms with Crippen molar-refractivity contribution in [3.63, 3.8) is 0 Å². The van der Waals surface area contributed by atoms with Crippen LogP contribution >= 0.6 is 0 Å². The third-order valence-corrected chi connectivity index (χ3v) is 5.09. The summed E-state index contributed by atoms with van der Waals surface area (Å²) in [5, 5.41) is 0. The van der Waals surface area contributed by atoms with E-state index in [-0.39, 0.29) is 0 Å². The highest BCUT2D eigenvalue weighted by atomic mass is 16.5. The third kappa shape index (κ3) is 3.13. The number of benzene rings is 2. The molecule has 0 spiro atoms. The first kappa shape index (κ1) is 17.5. The van der Waals surface area contributed by atoms with Crippen molar-refractivity contribution in [1.29, 1.82) is 0 Å². The van der Waals surface area contributed by atoms with E-state index in [0.29, 0.717) is 0 Å². The Hall–Kier alpha value is -2.36. The highest BCUT2D eigenvalue weighted by Gasteiger charge is 2.23. The summed E-state index contributed by atoms with van der Waals surface area (Å²) in [5.74, 6) is 1.85. The molecule has 0 bridgehead atoms. The molecular formula is C21H29N3O. The van der Waals surface area contributed by atoms with Crippen LogP contribution in [-0.2, 0) is 0 Å². The normalized spacial score (nSPS) is 12.3. The molecule has 0 N–H and O–H groups in total. The van der Waals surface area contributed by atoms with Crippen molar-refractivity contribution < 1.29 is 4.74 Å². The molecule has 1 aliphatic heterocycles. The van der Waals surface area contributed by atoms with Gasteiger partial charge >= 0.3 is 0 Å². The monoisotopic (exact) mass is 339 g/mol. The number of hydrogen-bond donors (Lipinski definition) is 0. The minimum atomic E-state index is 0.927. The molecule has 2 aromatic carbocycles. The Balaban J connectivity index is 1.98. The van der Waals surface area contributed by atoms with Gasteiger partial charge in [-0.1, -0.05) is 0 Å². The first-order valence-electron chi connectivity index (χ1n) is 9.32. The predicted octanol–water partition coefficient (Wildman–Crippen LogP) is 5.25. The Morgan fingerprint density at radius 1 is 0.720 bits per heavy atom. The molecule has 4 nitrogen and oxygen atoms in total. The Morgan fingerprint density at radius 3 is 1.48 bits per heavy atom. The van der Waals surface area contributed by atoms with Gasteiger partial charge < -0.3 is 19.4 Å². The molecule has 1 aliphatic rings. The molecule has 25 heavy (non-hydrogen) atoms. The standard InChI is InChI=1S/C21H29N3O/c1-6-23(7-2)16-10-12-18-20(14-16)25-21-15-17(24(8-3)9-4)11-13-19(21)22(18)5/h10-15H,6-9H2,1-5H3. The van der Waals surface area contributed by atoms with E-state index in [4.69, 9.17) is 4.74 Å². The fourth-order valence-electron chi connectivity index (χ4n) is 3.54. The topological polar surface area (TPSA) is 19.0 Å². The molecular weight excluding hydrogens is 310 g/mol. The lowest BCUT2D eigenvalue weighted by Gasteiger charge is -2.32. The minimum Gasteiger partial charge on any atom is -0.453 e. The van der Waals surface area contributed by atoms with Crippen LogP contribution in [0.1, 0.15) is 27.7 Å². The maximum absolute atomic E-state index is 6.31. The number of nitrogens with zero attached hydrogens (tertiary/aromatic N) is 3. The largest absolute Gasteiger partial charge is 0.453 e. The van der Waals surface area contributed by atoms with E-state index in [1.54, 1.807) is 0 Å². The zero-order valence-corrected chi connectivity index (χ0v) is 16.0. The molecule has 4 heteroatoms. The first-order chi connectivity index (χ1) is 12.1. The van der Waals surface area contributed by atoms with E-state index in [2.05, 4.69) is 85.8 Å². The maximum atomic E-state index is 6.31. The van der Waals surface area contributed by atoms with Gasteiger partial charge in [0.05, 0.1) is 11.4 Å². The minimum absolute atomic E-state index is 0.927. The number of anilines is 4. The maximum Gasteiger partial charge on any atom is 0.153 e. The molecule has 0 amide bonds. The number of rotatable bonds is 6. The third-order valence-electron chi connectivity index (χ3n) is 5.09. The molecule has 0 radical (unpaired) electrons. The Morgan fingerprint density at radius 2 is 1.12 bits per heavy atom. The molecule has 0 aliphatic carbocycles. The average Bonchev–Trinajstić information content (AvgIpc) is 2.63. The second-order valence-electron chi connectivity index (χ2n) is 6.31. The number of ether oxygens (including phenoxy) is 1. The van der Waals surface area contributed by atoms with Gasteiger partial charge in [0.15, 0.2) is 11.5 Å². The van der Waals surface area contributed by atoms with E-state index < -0.39 is 0 Å². The van der Waals surface area contributed by atoms with E-state index in [0.717, 1.165) is 49.1 Å². The SMILES string of the molecule is CCN(CC)c1ccc2c(c1)Oc1cc(N(CC)CC)ccc1N2C. The van der Waals surface area contributed by atoms with Crippen molar-refractivity contribution in [3.8, 4) is 11.5 Å². The van der Waals surface area contributed by atoms with E-state index in [1.165, 1.54) is 11.4 Å². The van der Waals surface area contributed by atoms with Crippen LogP contribution in [0.5, 0.6) is 11.5 Å². The fourth-order valence-corrected chi connectivity index (χ4v) is 3.54. The van der Waals surface area contributed by atoms with Gasteiger partial charge in [0.25, 0.3) is 0 Å². The zero-order chi connectivity index (χ0) is 18.0. The van der Waals surface area contributed by atoms with Crippen molar-refractivity contribution in [2.75, 3.05) is 47.9 Å². The van der Waals surface area contributed by atoms with Crippen LogP contribution in [0.25, 0.3) is 0 Å². The second kappa shape index (κ2) is 7.26. The van der Waals surface area contributed by atoms with Gasteiger partial charge in [-0.3, -0.25) is 0 Å². The molecule has 0 fully saturated rings. The molecule has 0 atom stereocenters. The summed E-state index contributed by atoms with van der Waals surface area (Å²) in [7, 11) is 2.11. The van der Waals surface area contributed by atoms with Gasteiger partial charge in [-0.15, -0.1) is 0 Å². The van der Waals surface area contributed by atoms with Crippen LogP contribution in [0.2, 0.25) is 0 Å². The van der Waals surface area contributed by atoms with Crippen LogP contribution in [0.4, 0.5) is 22.7 Å². The van der Waals surface area contributed by atoms with Gasteiger partial charge in [-0.25, -0.2) is 0 Å². The molecule has 0 saturated carbocycles. The zero-order valence-electron chi connectivity index (χ0n) is 16.0. The summed E-state index contributed by atoms with van der Waals surface area (Å²) in [6, 6.07) is 13.0. The van der Waals surface area contributed by atoms with Crippen LogP contribution in [0.15, 0.2) is 36.4 Å². The lowest BCUT2D eigenvalue weighted by atomic mass is 10.1. The van der Waals surface area contributed by atoms with Crippen LogP contribution in [0.3, 0.4) is 0 Å². The first-order valence-corrected chi connectivity index (χ1v) is 9.32. The molecule has 0 saturated heterocycles. The summed E-state index contributed by atoms with van der Waals surface area (Å²) in [6.45, 7) is 12.7. The summed E-state index contributed by atoms with van der Waals surface area (Å²) < 4.78 is 6.31. The molecule has 0 aromatic heterocycles. The summed E-state index contributed by atoms with van der Waals surface area (Å²) in [6.07, 6.45) is 0. The summed E-state index contributed by atoms with van der Waals surface area (Å²) in [5.41, 5.74) is 4.64. The Kier molecular flexibility index (Phi) is 5.07. The van der Waals surface area contributed by atoms with Gasteiger partial charge in [-0.05, 0) is 52.0 Å². The lowest BCUT2D eigenvalue weighted by molar-refractivity contribution is 0.475. The van der Waals surface area contributed by atoms with Gasteiger partial charge in [0.2, 0.25) is 0 Å². The molecule has 2 aromatic rings. The lowest BCUT2D eigenvalue weighted by Crippen LogP contribution is -2.23. The van der Waals surface area contributed by atoms with E-state index in [9.17, 15) is 0 Å². The van der Waals surface area contributed by atoms with Gasteiger partial charge in [0, 0.05) is 56.7 Å². The molecule has 134 valence electrons. The van der Waals surface area contributed by atoms with Crippen molar-refractivity contribution in [3.05, 3.63) is 36.4 Å². The van der Waals surface area contributed by atoms with E-state index >= 15 is 0 Å². The molecule has 0 unspecified atom stereocenters. The van der Waals surface area contributed by atoms with Crippen molar-refractivity contribution in [1.82, 2.24) is 0 Å². The Labute approximate surface area is 151 Å². The smallest absolute Gasteiger partial charge is 0.153 e. The van der Waals surface area contributed by atoms with Gasteiger partial charge in [0.1, 0.15) is 0 Å². The summed E-state index contributed by atoms with van der Waals surface area (Å²) in [4.78, 5) is 6.89. The Bertz CT molecular complexity index is 674. The average molecular weight is 339 g/mol. The quantitative estimate of drug-likeness (QED) is 0.715. The van der Waals surface area contributed by atoms with Crippen LogP contribution in [-0.4, -0.2) is 33.2 Å². The number of hydrogen-bond acceptors (Lipinski definition) is 4. The highest BCUT2D eigenvalue weighted by molar-refractivity contribution is 5.81. The predicted molar refractivity (Wildman–Crippen MR) is 108 cm³/mol. The van der Waals surface area contributed by atoms with Crippen molar-refractivity contribution in [2.45, 2.75) is 27.7 Å². The van der Waals surface area contributed by atoms with Crippen LogP contribution in [0, 0.1) is 0 Å². The van der Waals surface area contributed by atoms with Gasteiger partial charge in [-0.2, -0.15) is 0 Å². The van der Waals surface area contributed by atoms with Crippen molar-refractivity contribution in [2.24, 2.45) is 0 Å². The second-order valence-corrected chi connectivity index (χ2v) is 6.31. The molecule has 3 rings (SSSR count). The highest BCUT2D eigenvalue weighted by Crippen LogP contribution is 2.48. The van der Waals surface area contributed by atoms with Crippen molar-refractivity contribution >= 4 is 22.7 Å². The fraction of sp³-hybridized carbons (Fsp3) is 0.429. The molecule has 1 heterocycles.